The van der Waals surface area contributed by atoms with Crippen LogP contribution in [-0.2, 0) is 20.9 Å². The summed E-state index contributed by atoms with van der Waals surface area (Å²) >= 11 is 0. The number of carbonyl (C=O) groups excluding carboxylic acids is 4. The quantitative estimate of drug-likeness (QED) is 0.0717. The maximum absolute atomic E-state index is 13.9. The zero-order chi connectivity index (χ0) is 29.3. The first kappa shape index (κ1) is 33.0. The van der Waals surface area contributed by atoms with Gasteiger partial charge in [-0.15, -0.1) is 12.4 Å². The number of halogens is 1. The standard InChI is InChI=1S/C28H34N7O5.ClH/c29-15-23(36)35(24(37)16-30,28(39)40-17-18-7-2-1-3-8-18)22-13-12-19-9-4-5-10-20(19)25(22)26(38)21(31)11-6-14-34-27(32)33;/h1-5,7-10,12-13,21H,6,11,14-17,29-31H2,(H4,32,33,34);1H/q+1;/t21-;/m0./s1. The third kappa shape index (κ3) is 7.12. The number of aliphatic imine (C=N–C) groups is 1. The molecule has 0 aliphatic rings. The molecule has 0 aliphatic heterocycles. The molecule has 3 aromatic carbocycles. The molecule has 41 heavy (non-hydrogen) atoms. The number of nitrogens with zero attached hydrogens (tertiary/aromatic N) is 2. The number of amides is 3. The Morgan fingerprint density at radius 2 is 1.46 bits per heavy atom. The number of ketones is 1. The fraction of sp³-hybridized carbons (Fsp3) is 0.250. The second kappa shape index (κ2) is 15.0. The van der Waals surface area contributed by atoms with Crippen molar-refractivity contribution in [2.75, 3.05) is 19.6 Å². The number of quaternary nitrogens is 1. The van der Waals surface area contributed by atoms with Crippen LogP contribution >= 0.6 is 12.4 Å². The Morgan fingerprint density at radius 1 is 0.854 bits per heavy atom. The van der Waals surface area contributed by atoms with Gasteiger partial charge in [0.25, 0.3) is 0 Å². The van der Waals surface area contributed by atoms with E-state index in [1.165, 1.54) is 6.07 Å². The lowest BCUT2D eigenvalue weighted by molar-refractivity contribution is -0.140. The third-order valence-corrected chi connectivity index (χ3v) is 6.40. The van der Waals surface area contributed by atoms with Crippen molar-refractivity contribution < 1.29 is 23.9 Å². The van der Waals surface area contributed by atoms with Gasteiger partial charge in [0, 0.05) is 12.6 Å². The number of hydrogen-bond donors (Lipinski definition) is 5. The van der Waals surface area contributed by atoms with Crippen molar-refractivity contribution in [3.05, 3.63) is 77.9 Å². The van der Waals surface area contributed by atoms with Gasteiger partial charge in [0.2, 0.25) is 0 Å². The molecule has 12 nitrogen and oxygen atoms in total. The van der Waals surface area contributed by atoms with Crippen molar-refractivity contribution in [3.63, 3.8) is 0 Å². The molecule has 3 amide bonds. The summed E-state index contributed by atoms with van der Waals surface area (Å²) in [7, 11) is 0. The van der Waals surface area contributed by atoms with E-state index in [0.29, 0.717) is 22.8 Å². The van der Waals surface area contributed by atoms with Gasteiger partial charge in [0.05, 0.1) is 11.6 Å². The van der Waals surface area contributed by atoms with Crippen LogP contribution in [-0.4, -0.2) is 55.3 Å². The van der Waals surface area contributed by atoms with Crippen molar-refractivity contribution in [2.45, 2.75) is 25.5 Å². The van der Waals surface area contributed by atoms with Crippen LogP contribution in [0.15, 0.2) is 71.7 Å². The molecule has 0 unspecified atom stereocenters. The molecular formula is C28H35ClN7O5+. The molecule has 0 aliphatic carbocycles. The monoisotopic (exact) mass is 584 g/mol. The third-order valence-electron chi connectivity index (χ3n) is 6.40. The minimum absolute atomic E-state index is 0. The Balaban J connectivity index is 0.00000588. The van der Waals surface area contributed by atoms with Gasteiger partial charge in [-0.05, 0) is 35.2 Å². The van der Waals surface area contributed by atoms with Crippen LogP contribution in [0.1, 0.15) is 28.8 Å². The summed E-state index contributed by atoms with van der Waals surface area (Å²) in [5.41, 5.74) is 28.8. The van der Waals surface area contributed by atoms with Crippen LogP contribution in [0.25, 0.3) is 10.8 Å². The number of hydrogen-bond acceptors (Lipinski definition) is 9. The van der Waals surface area contributed by atoms with Crippen molar-refractivity contribution in [2.24, 2.45) is 33.7 Å². The minimum Gasteiger partial charge on any atom is -0.414 e. The zero-order valence-electron chi connectivity index (χ0n) is 22.4. The molecule has 0 spiro atoms. The van der Waals surface area contributed by atoms with E-state index in [-0.39, 0.29) is 49.2 Å². The first-order valence-corrected chi connectivity index (χ1v) is 12.6. The molecule has 3 aromatic rings. The summed E-state index contributed by atoms with van der Waals surface area (Å²) in [6.07, 6.45) is -0.666. The number of ether oxygens (including phenoxy) is 1. The molecule has 3 rings (SSSR count). The Kier molecular flexibility index (Phi) is 12.1. The largest absolute Gasteiger partial charge is 0.537 e. The van der Waals surface area contributed by atoms with Crippen LogP contribution in [0.5, 0.6) is 0 Å². The first-order chi connectivity index (χ1) is 19.2. The lowest BCUT2D eigenvalue weighted by Crippen LogP contribution is -2.66. The zero-order valence-corrected chi connectivity index (χ0v) is 23.2. The summed E-state index contributed by atoms with van der Waals surface area (Å²) in [6.45, 7) is -1.42. The van der Waals surface area contributed by atoms with E-state index >= 15 is 0 Å². The van der Waals surface area contributed by atoms with Crippen LogP contribution < -0.4 is 33.2 Å². The van der Waals surface area contributed by atoms with Gasteiger partial charge in [-0.25, -0.2) is 9.59 Å². The Morgan fingerprint density at radius 3 is 2.07 bits per heavy atom. The minimum atomic E-state index is -1.63. The van der Waals surface area contributed by atoms with E-state index in [1.807, 2.05) is 0 Å². The highest BCUT2D eigenvalue weighted by Gasteiger charge is 2.56. The number of Topliss-reactive ketones (excluding diaryl/α,β-unsaturated/α-hetero) is 1. The number of benzene rings is 3. The Labute approximate surface area is 243 Å². The number of nitrogens with two attached hydrogens (primary N) is 5. The fourth-order valence-corrected chi connectivity index (χ4v) is 4.43. The van der Waals surface area contributed by atoms with Crippen LogP contribution in [0.3, 0.4) is 0 Å². The highest BCUT2D eigenvalue weighted by Crippen LogP contribution is 2.36. The van der Waals surface area contributed by atoms with E-state index < -0.39 is 47.3 Å². The van der Waals surface area contributed by atoms with Crippen molar-refractivity contribution in [1.82, 2.24) is 4.48 Å². The predicted molar refractivity (Wildman–Crippen MR) is 160 cm³/mol. The average molecular weight is 585 g/mol. The van der Waals surface area contributed by atoms with Crippen molar-refractivity contribution >= 4 is 58.5 Å². The lowest BCUT2D eigenvalue weighted by Gasteiger charge is -2.30. The number of carbonyl (C=O) groups is 4. The second-order valence-electron chi connectivity index (χ2n) is 9.01. The van der Waals surface area contributed by atoms with Crippen LogP contribution in [0.4, 0.5) is 10.5 Å². The maximum Gasteiger partial charge on any atom is 0.537 e. The Bertz CT molecular complexity index is 1410. The fourth-order valence-electron chi connectivity index (χ4n) is 4.43. The van der Waals surface area contributed by atoms with Crippen LogP contribution in [0, 0.1) is 0 Å². The Hall–Kier alpha value is -4.20. The second-order valence-corrected chi connectivity index (χ2v) is 9.01. The number of guanidine groups is 1. The summed E-state index contributed by atoms with van der Waals surface area (Å²) in [4.78, 5) is 58.7. The van der Waals surface area contributed by atoms with Crippen LogP contribution in [0.2, 0.25) is 0 Å². The highest BCUT2D eigenvalue weighted by atomic mass is 35.5. The van der Waals surface area contributed by atoms with Gasteiger partial charge in [-0.1, -0.05) is 59.1 Å². The van der Waals surface area contributed by atoms with Gasteiger partial charge in [-0.3, -0.25) is 9.79 Å². The van der Waals surface area contributed by atoms with E-state index in [2.05, 4.69) is 4.99 Å². The summed E-state index contributed by atoms with van der Waals surface area (Å²) in [5, 5.41) is 1.01. The number of imide groups is 3. The van der Waals surface area contributed by atoms with Gasteiger partial charge >= 0.3 is 17.9 Å². The van der Waals surface area contributed by atoms with Gasteiger partial charge in [-0.2, -0.15) is 4.79 Å². The normalized spacial score (nSPS) is 11.7. The molecule has 13 heteroatoms. The van der Waals surface area contributed by atoms with E-state index in [9.17, 15) is 19.2 Å². The maximum atomic E-state index is 13.9. The topological polar surface area (TPSA) is 220 Å². The molecule has 0 radical (unpaired) electrons. The van der Waals surface area contributed by atoms with Gasteiger partial charge in [0.1, 0.15) is 19.7 Å². The molecule has 0 saturated carbocycles. The number of fused-ring (bicyclic) bond motifs is 1. The SMILES string of the molecule is Cl.NCC(=O)[N+](C(=O)CN)(C(=O)OCc1ccccc1)c1ccc2ccccc2c1C(=O)[C@@H](N)CCCN=C(N)N. The van der Waals surface area contributed by atoms with E-state index in [4.69, 9.17) is 33.4 Å². The molecule has 1 atom stereocenters. The van der Waals surface area contributed by atoms with Gasteiger partial charge < -0.3 is 33.4 Å². The molecule has 0 fully saturated rings. The summed E-state index contributed by atoms with van der Waals surface area (Å²) in [5.74, 6) is -2.71. The highest BCUT2D eigenvalue weighted by molar-refractivity contribution is 6.28. The van der Waals surface area contributed by atoms with Crippen molar-refractivity contribution in [3.8, 4) is 0 Å². The molecule has 218 valence electrons. The first-order valence-electron chi connectivity index (χ1n) is 12.6. The molecule has 0 aromatic heterocycles. The smallest absolute Gasteiger partial charge is 0.414 e. The molecule has 10 N–H and O–H groups in total. The number of rotatable bonds is 11. The average Bonchev–Trinajstić information content (AvgIpc) is 2.97. The van der Waals surface area contributed by atoms with E-state index in [0.717, 1.165) is 0 Å². The molecule has 0 saturated heterocycles. The molecule has 0 heterocycles. The predicted octanol–water partition coefficient (Wildman–Crippen LogP) is 1.44. The lowest BCUT2D eigenvalue weighted by atomic mass is 9.92. The molecular weight excluding hydrogens is 550 g/mol. The van der Waals surface area contributed by atoms with Crippen molar-refractivity contribution in [1.29, 1.82) is 0 Å². The summed E-state index contributed by atoms with van der Waals surface area (Å²) < 4.78 is 3.87. The molecule has 0 bridgehead atoms. The van der Waals surface area contributed by atoms with Gasteiger partial charge in [0.15, 0.2) is 17.4 Å². The summed E-state index contributed by atoms with van der Waals surface area (Å²) in [6, 6.07) is 17.4. The van der Waals surface area contributed by atoms with E-state index in [1.54, 1.807) is 60.7 Å².